The quantitative estimate of drug-likeness (QED) is 0.503. The van der Waals surface area contributed by atoms with Gasteiger partial charge in [-0.1, -0.05) is 41.4 Å². The molecule has 0 aliphatic heterocycles. The summed E-state index contributed by atoms with van der Waals surface area (Å²) in [7, 11) is -4.20. The smallest absolute Gasteiger partial charge is 0.350 e. The number of hydrogen-bond donors (Lipinski definition) is 1. The first-order valence-corrected chi connectivity index (χ1v) is 13.5. The van der Waals surface area contributed by atoms with Crippen molar-refractivity contribution in [3.8, 4) is 0 Å². The van der Waals surface area contributed by atoms with E-state index < -0.39 is 56.7 Å². The van der Waals surface area contributed by atoms with Crippen LogP contribution in [0.5, 0.6) is 0 Å². The fraction of sp³-hybridized carbons (Fsp3) is 0.440. The Kier molecular flexibility index (Phi) is 9.30. The second kappa shape index (κ2) is 11.3. The summed E-state index contributed by atoms with van der Waals surface area (Å²) in [5.74, 6) is -1.24. The van der Waals surface area contributed by atoms with Crippen LogP contribution in [0, 0.1) is 6.92 Å². The number of anilines is 1. The zero-order chi connectivity index (χ0) is 28.3. The fourth-order valence-corrected chi connectivity index (χ4v) is 4.63. The maximum absolute atomic E-state index is 13.5. The van der Waals surface area contributed by atoms with Crippen molar-refractivity contribution in [1.29, 1.82) is 0 Å². The van der Waals surface area contributed by atoms with Crippen LogP contribution in [-0.4, -0.2) is 49.5 Å². The molecule has 0 fully saturated rings. The van der Waals surface area contributed by atoms with Gasteiger partial charge in [-0.15, -0.1) is 0 Å². The molecule has 0 saturated carbocycles. The Morgan fingerprint density at radius 1 is 1.08 bits per heavy atom. The zero-order valence-corrected chi connectivity index (χ0v) is 23.1. The summed E-state index contributed by atoms with van der Waals surface area (Å²) in [4.78, 5) is 27.6. The van der Waals surface area contributed by atoms with Gasteiger partial charge >= 0.3 is 6.18 Å². The van der Waals surface area contributed by atoms with Crippen LogP contribution in [-0.2, 0) is 32.3 Å². The maximum Gasteiger partial charge on any atom is 0.417 e. The summed E-state index contributed by atoms with van der Waals surface area (Å²) in [6.07, 6.45) is -4.06. The number of hydrogen-bond acceptors (Lipinski definition) is 4. The van der Waals surface area contributed by atoms with E-state index in [-0.39, 0.29) is 12.2 Å². The predicted molar refractivity (Wildman–Crippen MR) is 138 cm³/mol. The average Bonchev–Trinajstić information content (AvgIpc) is 2.73. The van der Waals surface area contributed by atoms with Crippen molar-refractivity contribution in [2.24, 2.45) is 0 Å². The molecular formula is C25H31ClF3N3O4S. The monoisotopic (exact) mass is 561 g/mol. The SMILES string of the molecule is Cc1cccc(CN(C(=O)CN(c2ccc(Cl)c(C(F)(F)F)c2)S(C)(=O)=O)[C@H](C)C(=O)NC(C)(C)C)c1. The van der Waals surface area contributed by atoms with Crippen LogP contribution in [0.4, 0.5) is 18.9 Å². The summed E-state index contributed by atoms with van der Waals surface area (Å²) < 4.78 is 66.0. The van der Waals surface area contributed by atoms with Crippen LogP contribution < -0.4 is 9.62 Å². The number of rotatable bonds is 8. The molecule has 0 unspecified atom stereocenters. The molecule has 0 saturated heterocycles. The molecule has 2 aromatic carbocycles. The van der Waals surface area contributed by atoms with Crippen LogP contribution in [0.25, 0.3) is 0 Å². The lowest BCUT2D eigenvalue weighted by molar-refractivity contribution is -0.140. The molecule has 1 N–H and O–H groups in total. The maximum atomic E-state index is 13.5. The van der Waals surface area contributed by atoms with Gasteiger partial charge in [0.1, 0.15) is 12.6 Å². The molecule has 0 aliphatic rings. The third kappa shape index (κ3) is 8.63. The third-order valence-electron chi connectivity index (χ3n) is 5.32. The summed E-state index contributed by atoms with van der Waals surface area (Å²) >= 11 is 5.68. The van der Waals surface area contributed by atoms with Gasteiger partial charge in [-0.3, -0.25) is 13.9 Å². The van der Waals surface area contributed by atoms with E-state index >= 15 is 0 Å². The van der Waals surface area contributed by atoms with Gasteiger partial charge in [-0.05, 0) is 58.4 Å². The van der Waals surface area contributed by atoms with E-state index in [0.29, 0.717) is 15.9 Å². The van der Waals surface area contributed by atoms with E-state index in [1.807, 2.05) is 19.1 Å². The summed E-state index contributed by atoms with van der Waals surface area (Å²) in [6.45, 7) is 7.83. The van der Waals surface area contributed by atoms with Gasteiger partial charge in [0.15, 0.2) is 0 Å². The molecule has 204 valence electrons. The second-order valence-corrected chi connectivity index (χ2v) is 12.2. The van der Waals surface area contributed by atoms with Crippen molar-refractivity contribution in [2.45, 2.75) is 58.9 Å². The molecule has 37 heavy (non-hydrogen) atoms. The highest BCUT2D eigenvalue weighted by atomic mass is 35.5. The van der Waals surface area contributed by atoms with Crippen molar-refractivity contribution in [2.75, 3.05) is 17.1 Å². The van der Waals surface area contributed by atoms with Crippen LogP contribution in [0.1, 0.15) is 44.4 Å². The van der Waals surface area contributed by atoms with Gasteiger partial charge in [0.2, 0.25) is 21.8 Å². The number of amides is 2. The van der Waals surface area contributed by atoms with Crippen LogP contribution >= 0.6 is 11.6 Å². The largest absolute Gasteiger partial charge is 0.417 e. The number of carbonyl (C=O) groups excluding carboxylic acids is 2. The molecule has 0 bridgehead atoms. The second-order valence-electron chi connectivity index (χ2n) is 9.86. The highest BCUT2D eigenvalue weighted by Gasteiger charge is 2.36. The molecule has 7 nitrogen and oxygen atoms in total. The Labute approximate surface area is 220 Å². The van der Waals surface area contributed by atoms with Crippen molar-refractivity contribution >= 4 is 39.1 Å². The molecule has 0 radical (unpaired) electrons. The third-order valence-corrected chi connectivity index (χ3v) is 6.79. The summed E-state index contributed by atoms with van der Waals surface area (Å²) in [6, 6.07) is 8.79. The number of halogens is 4. The fourth-order valence-electron chi connectivity index (χ4n) is 3.56. The van der Waals surface area contributed by atoms with Crippen molar-refractivity contribution in [3.63, 3.8) is 0 Å². The van der Waals surface area contributed by atoms with Gasteiger partial charge in [0.05, 0.1) is 22.5 Å². The molecule has 2 rings (SSSR count). The Hall–Kier alpha value is -2.79. The van der Waals surface area contributed by atoms with Crippen LogP contribution in [0.3, 0.4) is 0 Å². The van der Waals surface area contributed by atoms with Gasteiger partial charge < -0.3 is 10.2 Å². The van der Waals surface area contributed by atoms with Crippen LogP contribution in [0.15, 0.2) is 42.5 Å². The first-order valence-electron chi connectivity index (χ1n) is 11.3. The van der Waals surface area contributed by atoms with Gasteiger partial charge in [0, 0.05) is 12.1 Å². The van der Waals surface area contributed by atoms with Crippen molar-refractivity contribution in [3.05, 3.63) is 64.2 Å². The number of sulfonamides is 1. The minimum Gasteiger partial charge on any atom is -0.350 e. The molecule has 2 aromatic rings. The topological polar surface area (TPSA) is 86.8 Å². The normalized spacial score (nSPS) is 13.1. The van der Waals surface area contributed by atoms with Crippen molar-refractivity contribution in [1.82, 2.24) is 10.2 Å². The number of nitrogens with one attached hydrogen (secondary N) is 1. The Morgan fingerprint density at radius 3 is 2.22 bits per heavy atom. The molecular weight excluding hydrogens is 531 g/mol. The lowest BCUT2D eigenvalue weighted by atomic mass is 10.1. The standard InChI is InChI=1S/C25H31ClF3N3O4S/c1-16-8-7-9-18(12-16)14-31(17(2)23(34)30-24(3,4)5)22(33)15-32(37(6,35)36)19-10-11-21(26)20(13-19)25(27,28)29/h7-13,17H,14-15H2,1-6H3,(H,30,34)/t17-/m1/s1. The lowest BCUT2D eigenvalue weighted by Gasteiger charge is -2.33. The first kappa shape index (κ1) is 30.4. The number of benzene rings is 2. The minimum atomic E-state index is -4.84. The molecule has 0 aromatic heterocycles. The van der Waals surface area contributed by atoms with E-state index in [1.54, 1.807) is 32.9 Å². The minimum absolute atomic E-state index is 0.0226. The van der Waals surface area contributed by atoms with E-state index in [4.69, 9.17) is 11.6 Å². The Bertz CT molecular complexity index is 1260. The van der Waals surface area contributed by atoms with Gasteiger partial charge in [0.25, 0.3) is 0 Å². The molecule has 0 spiro atoms. The summed E-state index contributed by atoms with van der Waals surface area (Å²) in [5, 5.41) is 2.19. The molecule has 1 atom stereocenters. The lowest BCUT2D eigenvalue weighted by Crippen LogP contribution is -2.54. The zero-order valence-electron chi connectivity index (χ0n) is 21.5. The van der Waals surface area contributed by atoms with Gasteiger partial charge in [-0.25, -0.2) is 8.42 Å². The molecule has 0 heterocycles. The van der Waals surface area contributed by atoms with Crippen molar-refractivity contribution < 1.29 is 31.2 Å². The number of aryl methyl sites for hydroxylation is 1. The predicted octanol–water partition coefficient (Wildman–Crippen LogP) is 4.77. The first-order chi connectivity index (χ1) is 16.8. The number of alkyl halides is 3. The summed E-state index contributed by atoms with van der Waals surface area (Å²) in [5.41, 5.74) is -0.604. The van der Waals surface area contributed by atoms with Crippen LogP contribution in [0.2, 0.25) is 5.02 Å². The van der Waals surface area contributed by atoms with E-state index in [2.05, 4.69) is 5.32 Å². The Morgan fingerprint density at radius 2 is 1.70 bits per heavy atom. The number of carbonyl (C=O) groups is 2. The average molecular weight is 562 g/mol. The van der Waals surface area contributed by atoms with E-state index in [9.17, 15) is 31.2 Å². The highest BCUT2D eigenvalue weighted by molar-refractivity contribution is 7.92. The highest BCUT2D eigenvalue weighted by Crippen LogP contribution is 2.37. The molecule has 2 amide bonds. The Balaban J connectivity index is 2.50. The molecule has 12 heteroatoms. The van der Waals surface area contributed by atoms with E-state index in [0.717, 1.165) is 24.0 Å². The van der Waals surface area contributed by atoms with E-state index in [1.165, 1.54) is 11.8 Å². The van der Waals surface area contributed by atoms with Gasteiger partial charge in [-0.2, -0.15) is 13.2 Å². The number of nitrogens with zero attached hydrogens (tertiary/aromatic N) is 2. The molecule has 0 aliphatic carbocycles.